The number of hydrogen-bond donors (Lipinski definition) is 4. The zero-order chi connectivity index (χ0) is 22.2. The highest BCUT2D eigenvalue weighted by molar-refractivity contribution is 5.92. The van der Waals surface area contributed by atoms with E-state index in [1.807, 2.05) is 12.1 Å². The molecule has 1 heterocycles. The molecule has 2 aromatic carbocycles. The maximum atomic E-state index is 13.2. The Morgan fingerprint density at radius 1 is 0.903 bits per heavy atom. The van der Waals surface area contributed by atoms with Crippen molar-refractivity contribution < 1.29 is 23.8 Å². The van der Waals surface area contributed by atoms with Crippen molar-refractivity contribution in [3.8, 4) is 0 Å². The molecule has 1 atom stereocenters. The molecule has 166 valence electrons. The SMILES string of the molecule is CC[C@H](C)c1ccc(NC(=O)C[NH+]2CC[NH+](CC(=O)Nc3cccc(F)c3)CC2)cc1. The van der Waals surface area contributed by atoms with E-state index in [4.69, 9.17) is 0 Å². The molecule has 0 saturated carbocycles. The number of benzene rings is 2. The number of piperazine rings is 1. The van der Waals surface area contributed by atoms with Gasteiger partial charge in [0.05, 0.1) is 0 Å². The van der Waals surface area contributed by atoms with Crippen LogP contribution < -0.4 is 20.4 Å². The van der Waals surface area contributed by atoms with Crippen LogP contribution in [0.4, 0.5) is 15.8 Å². The lowest BCUT2D eigenvalue weighted by atomic mass is 9.99. The Kier molecular flexibility index (Phi) is 8.14. The van der Waals surface area contributed by atoms with Gasteiger partial charge in [0.25, 0.3) is 11.8 Å². The number of halogens is 1. The number of rotatable bonds is 8. The first kappa shape index (κ1) is 22.9. The highest BCUT2D eigenvalue weighted by Gasteiger charge is 2.26. The first-order valence-corrected chi connectivity index (χ1v) is 11.0. The Morgan fingerprint density at radius 3 is 1.97 bits per heavy atom. The summed E-state index contributed by atoms with van der Waals surface area (Å²) < 4.78 is 13.2. The monoisotopic (exact) mass is 428 g/mol. The van der Waals surface area contributed by atoms with E-state index in [0.717, 1.165) is 38.3 Å². The highest BCUT2D eigenvalue weighted by Crippen LogP contribution is 2.20. The largest absolute Gasteiger partial charge is 0.321 e. The molecule has 6 nitrogen and oxygen atoms in total. The molecular weight excluding hydrogens is 395 g/mol. The molecule has 1 aliphatic heterocycles. The lowest BCUT2D eigenvalue weighted by Gasteiger charge is -2.29. The summed E-state index contributed by atoms with van der Waals surface area (Å²) >= 11 is 0. The Hall–Kier alpha value is -2.77. The van der Waals surface area contributed by atoms with Crippen LogP contribution in [0.3, 0.4) is 0 Å². The van der Waals surface area contributed by atoms with Gasteiger partial charge in [-0.05, 0) is 48.2 Å². The third-order valence-electron chi connectivity index (χ3n) is 5.97. The average molecular weight is 429 g/mol. The van der Waals surface area contributed by atoms with Gasteiger partial charge in [0.2, 0.25) is 0 Å². The van der Waals surface area contributed by atoms with E-state index in [1.165, 1.54) is 27.5 Å². The van der Waals surface area contributed by atoms with E-state index in [2.05, 4.69) is 36.6 Å². The van der Waals surface area contributed by atoms with Gasteiger partial charge in [0.1, 0.15) is 32.0 Å². The van der Waals surface area contributed by atoms with Gasteiger partial charge in [-0.1, -0.05) is 32.0 Å². The summed E-state index contributed by atoms with van der Waals surface area (Å²) in [5, 5.41) is 5.73. The van der Waals surface area contributed by atoms with E-state index in [1.54, 1.807) is 12.1 Å². The molecule has 1 fully saturated rings. The third kappa shape index (κ3) is 7.15. The summed E-state index contributed by atoms with van der Waals surface area (Å²) in [5.74, 6) is 0.0391. The standard InChI is InChI=1S/C24H31FN4O2/c1-3-18(2)19-7-9-21(10-8-19)26-23(30)16-28-11-13-29(14-12-28)17-24(31)27-22-6-4-5-20(25)15-22/h4-10,15,18H,3,11-14,16-17H2,1-2H3,(H,26,30)(H,27,31)/p+2/t18-/m0/s1. The van der Waals surface area contributed by atoms with E-state index in [9.17, 15) is 14.0 Å². The molecule has 0 radical (unpaired) electrons. The fourth-order valence-electron chi connectivity index (χ4n) is 3.87. The van der Waals surface area contributed by atoms with E-state index in [-0.39, 0.29) is 17.6 Å². The van der Waals surface area contributed by atoms with Gasteiger partial charge >= 0.3 is 0 Å². The molecule has 31 heavy (non-hydrogen) atoms. The van der Waals surface area contributed by atoms with Gasteiger partial charge in [-0.3, -0.25) is 9.59 Å². The van der Waals surface area contributed by atoms with E-state index < -0.39 is 0 Å². The predicted molar refractivity (Wildman–Crippen MR) is 120 cm³/mol. The maximum absolute atomic E-state index is 13.2. The zero-order valence-electron chi connectivity index (χ0n) is 18.3. The Morgan fingerprint density at radius 2 is 1.45 bits per heavy atom. The van der Waals surface area contributed by atoms with Gasteiger partial charge in [0, 0.05) is 11.4 Å². The Bertz CT molecular complexity index is 879. The molecule has 2 amide bonds. The molecule has 7 heteroatoms. The van der Waals surface area contributed by atoms with Crippen molar-refractivity contribution in [3.05, 3.63) is 59.9 Å². The van der Waals surface area contributed by atoms with E-state index >= 15 is 0 Å². The van der Waals surface area contributed by atoms with Crippen LogP contribution in [0.15, 0.2) is 48.5 Å². The van der Waals surface area contributed by atoms with Gasteiger partial charge in [-0.15, -0.1) is 0 Å². The Labute approximate surface area is 183 Å². The second-order valence-electron chi connectivity index (χ2n) is 8.39. The zero-order valence-corrected chi connectivity index (χ0v) is 18.3. The summed E-state index contributed by atoms with van der Waals surface area (Å²) in [7, 11) is 0. The highest BCUT2D eigenvalue weighted by atomic mass is 19.1. The van der Waals surface area contributed by atoms with Crippen LogP contribution in [0.2, 0.25) is 0 Å². The quantitative estimate of drug-likeness (QED) is 0.500. The summed E-state index contributed by atoms with van der Waals surface area (Å²) in [5.41, 5.74) is 2.59. The molecule has 0 aliphatic carbocycles. The van der Waals surface area contributed by atoms with Gasteiger partial charge in [0.15, 0.2) is 13.1 Å². The van der Waals surface area contributed by atoms with Crippen LogP contribution >= 0.6 is 0 Å². The molecule has 0 unspecified atom stereocenters. The molecular formula is C24H33FN4O2+2. The van der Waals surface area contributed by atoms with Crippen molar-refractivity contribution in [1.29, 1.82) is 0 Å². The molecule has 0 aromatic heterocycles. The van der Waals surface area contributed by atoms with Crippen molar-refractivity contribution in [2.24, 2.45) is 0 Å². The average Bonchev–Trinajstić information content (AvgIpc) is 2.75. The second-order valence-corrected chi connectivity index (χ2v) is 8.39. The Balaban J connectivity index is 1.38. The minimum absolute atomic E-state index is 0.0126. The minimum Gasteiger partial charge on any atom is -0.321 e. The number of carbonyl (C=O) groups is 2. The van der Waals surface area contributed by atoms with Crippen molar-refractivity contribution in [1.82, 2.24) is 0 Å². The molecule has 2 aromatic rings. The molecule has 3 rings (SSSR count). The lowest BCUT2D eigenvalue weighted by molar-refractivity contribution is -1.00. The molecule has 1 saturated heterocycles. The van der Waals surface area contributed by atoms with Crippen LogP contribution in [0.25, 0.3) is 0 Å². The lowest BCUT2D eigenvalue weighted by Crippen LogP contribution is -3.28. The summed E-state index contributed by atoms with van der Waals surface area (Å²) in [6.45, 7) is 8.46. The number of quaternary nitrogens is 2. The fourth-order valence-corrected chi connectivity index (χ4v) is 3.87. The topological polar surface area (TPSA) is 67.1 Å². The second kappa shape index (κ2) is 11.0. The van der Waals surface area contributed by atoms with Crippen LogP contribution in [-0.2, 0) is 9.59 Å². The molecule has 1 aliphatic rings. The number of anilines is 2. The number of hydrogen-bond acceptors (Lipinski definition) is 2. The van der Waals surface area contributed by atoms with Gasteiger partial charge in [-0.2, -0.15) is 0 Å². The third-order valence-corrected chi connectivity index (χ3v) is 5.97. The van der Waals surface area contributed by atoms with Crippen LogP contribution in [-0.4, -0.2) is 51.1 Å². The van der Waals surface area contributed by atoms with Crippen LogP contribution in [0.1, 0.15) is 31.7 Å². The smallest absolute Gasteiger partial charge is 0.279 e. The molecule has 4 N–H and O–H groups in total. The summed E-state index contributed by atoms with van der Waals surface area (Å²) in [6, 6.07) is 14.0. The van der Waals surface area contributed by atoms with Crippen molar-refractivity contribution in [2.75, 3.05) is 49.9 Å². The van der Waals surface area contributed by atoms with Gasteiger partial charge in [-0.25, -0.2) is 4.39 Å². The van der Waals surface area contributed by atoms with E-state index in [0.29, 0.717) is 24.7 Å². The molecule has 0 bridgehead atoms. The first-order chi connectivity index (χ1) is 14.9. The maximum Gasteiger partial charge on any atom is 0.279 e. The van der Waals surface area contributed by atoms with Gasteiger partial charge < -0.3 is 20.4 Å². The van der Waals surface area contributed by atoms with Crippen molar-refractivity contribution in [2.45, 2.75) is 26.2 Å². The number of carbonyl (C=O) groups excluding carboxylic acids is 2. The normalized spacial score (nSPS) is 19.5. The van der Waals surface area contributed by atoms with Crippen LogP contribution in [0.5, 0.6) is 0 Å². The fraction of sp³-hybridized carbons (Fsp3) is 0.417. The van der Waals surface area contributed by atoms with Crippen molar-refractivity contribution >= 4 is 23.2 Å². The predicted octanol–water partition coefficient (Wildman–Crippen LogP) is 0.700. The number of nitrogens with one attached hydrogen (secondary N) is 4. The minimum atomic E-state index is -0.368. The first-order valence-electron chi connectivity index (χ1n) is 11.0. The van der Waals surface area contributed by atoms with Crippen molar-refractivity contribution in [3.63, 3.8) is 0 Å². The number of amides is 2. The van der Waals surface area contributed by atoms with Crippen LogP contribution in [0, 0.1) is 5.82 Å². The molecule has 0 spiro atoms. The summed E-state index contributed by atoms with van der Waals surface area (Å²) in [4.78, 5) is 27.0. The summed E-state index contributed by atoms with van der Waals surface area (Å²) in [6.07, 6.45) is 1.09.